The molecule has 1 atom stereocenters. The Kier molecular flexibility index (Phi) is 2.86. The maximum absolute atomic E-state index is 11.7. The third-order valence-electron chi connectivity index (χ3n) is 3.04. The van der Waals surface area contributed by atoms with Gasteiger partial charge in [0.1, 0.15) is 0 Å². The number of carbonyl (C=O) groups excluding carboxylic acids is 2. The average Bonchev–Trinajstić information content (AvgIpc) is 2.46. The molecule has 82 valence electrons. The minimum atomic E-state index is -0.135. The van der Waals surface area contributed by atoms with Crippen molar-refractivity contribution >= 4 is 11.8 Å². The molecule has 0 aromatic rings. The first-order valence-electron chi connectivity index (χ1n) is 5.46. The van der Waals surface area contributed by atoms with Crippen LogP contribution in [0.1, 0.15) is 26.2 Å². The Bertz CT molecular complexity index is 315. The van der Waals surface area contributed by atoms with Crippen LogP contribution in [0.4, 0.5) is 0 Å². The largest absolute Gasteiger partial charge is 0.317 e. The molecule has 0 aromatic heterocycles. The first-order chi connectivity index (χ1) is 7.20. The van der Waals surface area contributed by atoms with Crippen LogP contribution < -0.4 is 5.32 Å². The van der Waals surface area contributed by atoms with Gasteiger partial charge in [-0.05, 0) is 39.3 Å². The summed E-state index contributed by atoms with van der Waals surface area (Å²) in [4.78, 5) is 24.8. The molecule has 0 saturated carbocycles. The highest BCUT2D eigenvalue weighted by Crippen LogP contribution is 2.21. The summed E-state index contributed by atoms with van der Waals surface area (Å²) in [6, 6.07) is 0.0914. The van der Waals surface area contributed by atoms with Crippen molar-refractivity contribution in [3.05, 3.63) is 11.6 Å². The lowest BCUT2D eigenvalue weighted by atomic mass is 10.1. The predicted molar refractivity (Wildman–Crippen MR) is 56.1 cm³/mol. The van der Waals surface area contributed by atoms with Gasteiger partial charge in [0.2, 0.25) is 0 Å². The predicted octanol–water partition coefficient (Wildman–Crippen LogP) is 0.444. The Morgan fingerprint density at radius 1 is 1.33 bits per heavy atom. The second-order valence-electron chi connectivity index (χ2n) is 4.18. The molecule has 2 rings (SSSR count). The SMILES string of the molecule is CC1=CC(=O)N(C2CCCNCC2)C1=O. The molecule has 2 aliphatic rings. The van der Waals surface area contributed by atoms with E-state index in [-0.39, 0.29) is 17.9 Å². The van der Waals surface area contributed by atoms with Gasteiger partial charge in [-0.3, -0.25) is 14.5 Å². The fourth-order valence-corrected chi connectivity index (χ4v) is 2.21. The molecule has 15 heavy (non-hydrogen) atoms. The van der Waals surface area contributed by atoms with Gasteiger partial charge in [0.15, 0.2) is 0 Å². The van der Waals surface area contributed by atoms with Crippen LogP contribution >= 0.6 is 0 Å². The molecule has 0 aromatic carbocycles. The molecule has 0 radical (unpaired) electrons. The van der Waals surface area contributed by atoms with Crippen molar-refractivity contribution in [2.45, 2.75) is 32.2 Å². The third kappa shape index (κ3) is 1.95. The van der Waals surface area contributed by atoms with E-state index in [9.17, 15) is 9.59 Å². The lowest BCUT2D eigenvalue weighted by Gasteiger charge is -2.24. The van der Waals surface area contributed by atoms with Crippen LogP contribution in [0, 0.1) is 0 Å². The van der Waals surface area contributed by atoms with Crippen LogP contribution in [-0.2, 0) is 9.59 Å². The van der Waals surface area contributed by atoms with E-state index in [1.807, 2.05) is 0 Å². The van der Waals surface area contributed by atoms with Crippen molar-refractivity contribution < 1.29 is 9.59 Å². The number of hydrogen-bond donors (Lipinski definition) is 1. The summed E-state index contributed by atoms with van der Waals surface area (Å²) in [6.07, 6.45) is 4.27. The van der Waals surface area contributed by atoms with Crippen LogP contribution in [0.3, 0.4) is 0 Å². The molecule has 1 fully saturated rings. The summed E-state index contributed by atoms with van der Waals surface area (Å²) in [6.45, 7) is 3.58. The van der Waals surface area contributed by atoms with Crippen molar-refractivity contribution in [1.82, 2.24) is 10.2 Å². The number of rotatable bonds is 1. The van der Waals surface area contributed by atoms with Gasteiger partial charge >= 0.3 is 0 Å². The quantitative estimate of drug-likeness (QED) is 0.636. The van der Waals surface area contributed by atoms with Gasteiger partial charge in [-0.25, -0.2) is 0 Å². The van der Waals surface area contributed by atoms with Crippen molar-refractivity contribution in [1.29, 1.82) is 0 Å². The molecule has 2 amide bonds. The molecule has 0 spiro atoms. The zero-order valence-electron chi connectivity index (χ0n) is 8.95. The van der Waals surface area contributed by atoms with Gasteiger partial charge in [0.05, 0.1) is 0 Å². The van der Waals surface area contributed by atoms with Crippen LogP contribution in [0.25, 0.3) is 0 Å². The van der Waals surface area contributed by atoms with Gasteiger partial charge in [-0.15, -0.1) is 0 Å². The summed E-state index contributed by atoms with van der Waals surface area (Å²) in [5, 5.41) is 3.28. The Labute approximate surface area is 89.3 Å². The first-order valence-corrected chi connectivity index (χ1v) is 5.46. The molecule has 4 heteroatoms. The van der Waals surface area contributed by atoms with Crippen molar-refractivity contribution in [3.63, 3.8) is 0 Å². The highest BCUT2D eigenvalue weighted by Gasteiger charge is 2.34. The topological polar surface area (TPSA) is 49.4 Å². The Morgan fingerprint density at radius 3 is 2.80 bits per heavy atom. The van der Waals surface area contributed by atoms with Gasteiger partial charge in [0.25, 0.3) is 11.8 Å². The lowest BCUT2D eigenvalue weighted by molar-refractivity contribution is -0.140. The second kappa shape index (κ2) is 4.14. The van der Waals surface area contributed by atoms with Crippen LogP contribution in [0.2, 0.25) is 0 Å². The summed E-state index contributed by atoms with van der Waals surface area (Å²) < 4.78 is 0. The normalized spacial score (nSPS) is 27.9. The maximum atomic E-state index is 11.7. The summed E-state index contributed by atoms with van der Waals surface area (Å²) in [7, 11) is 0. The van der Waals surface area contributed by atoms with Gasteiger partial charge < -0.3 is 5.32 Å². The van der Waals surface area contributed by atoms with E-state index >= 15 is 0 Å². The van der Waals surface area contributed by atoms with Crippen LogP contribution in [-0.4, -0.2) is 35.8 Å². The Hall–Kier alpha value is -1.16. The number of amides is 2. The molecule has 0 bridgehead atoms. The Morgan fingerprint density at radius 2 is 2.13 bits per heavy atom. The zero-order chi connectivity index (χ0) is 10.8. The maximum Gasteiger partial charge on any atom is 0.256 e. The smallest absolute Gasteiger partial charge is 0.256 e. The minimum absolute atomic E-state index is 0.0914. The van der Waals surface area contributed by atoms with Crippen molar-refractivity contribution in [2.75, 3.05) is 13.1 Å². The van der Waals surface area contributed by atoms with E-state index in [0.717, 1.165) is 32.4 Å². The van der Waals surface area contributed by atoms with Crippen LogP contribution in [0.5, 0.6) is 0 Å². The summed E-state index contributed by atoms with van der Waals surface area (Å²) >= 11 is 0. The average molecular weight is 208 g/mol. The number of imide groups is 1. The highest BCUT2D eigenvalue weighted by atomic mass is 16.2. The third-order valence-corrected chi connectivity index (χ3v) is 3.04. The minimum Gasteiger partial charge on any atom is -0.317 e. The molecule has 1 saturated heterocycles. The zero-order valence-corrected chi connectivity index (χ0v) is 8.95. The lowest BCUT2D eigenvalue weighted by Crippen LogP contribution is -2.41. The van der Waals surface area contributed by atoms with E-state index < -0.39 is 0 Å². The number of nitrogens with one attached hydrogen (secondary N) is 1. The Balaban J connectivity index is 2.10. The number of hydrogen-bond acceptors (Lipinski definition) is 3. The fraction of sp³-hybridized carbons (Fsp3) is 0.636. The molecular formula is C11H16N2O2. The molecule has 2 heterocycles. The van der Waals surface area contributed by atoms with E-state index in [0.29, 0.717) is 5.57 Å². The summed E-state index contributed by atoms with van der Waals surface area (Å²) in [5.74, 6) is -0.240. The number of carbonyl (C=O) groups is 2. The van der Waals surface area contributed by atoms with Gasteiger partial charge in [0, 0.05) is 17.7 Å². The van der Waals surface area contributed by atoms with E-state index in [1.165, 1.54) is 11.0 Å². The highest BCUT2D eigenvalue weighted by molar-refractivity contribution is 6.16. The van der Waals surface area contributed by atoms with E-state index in [2.05, 4.69) is 5.32 Å². The van der Waals surface area contributed by atoms with E-state index in [4.69, 9.17) is 0 Å². The standard InChI is InChI=1S/C11H16N2O2/c1-8-7-10(14)13(11(8)15)9-3-2-5-12-6-4-9/h7,9,12H,2-6H2,1H3. The monoisotopic (exact) mass is 208 g/mol. The second-order valence-corrected chi connectivity index (χ2v) is 4.18. The first kappa shape index (κ1) is 10.4. The van der Waals surface area contributed by atoms with Gasteiger partial charge in [-0.1, -0.05) is 0 Å². The molecule has 1 N–H and O–H groups in total. The number of nitrogens with zero attached hydrogens (tertiary/aromatic N) is 1. The molecular weight excluding hydrogens is 192 g/mol. The molecule has 1 unspecified atom stereocenters. The summed E-state index contributed by atoms with van der Waals surface area (Å²) in [5.41, 5.74) is 0.567. The van der Waals surface area contributed by atoms with Crippen molar-refractivity contribution in [2.24, 2.45) is 0 Å². The van der Waals surface area contributed by atoms with Crippen molar-refractivity contribution in [3.8, 4) is 0 Å². The van der Waals surface area contributed by atoms with E-state index in [1.54, 1.807) is 6.92 Å². The molecule has 2 aliphatic heterocycles. The fourth-order valence-electron chi connectivity index (χ4n) is 2.21. The molecule has 4 nitrogen and oxygen atoms in total. The van der Waals surface area contributed by atoms with Gasteiger partial charge in [-0.2, -0.15) is 0 Å². The van der Waals surface area contributed by atoms with Crippen LogP contribution in [0.15, 0.2) is 11.6 Å². The molecule has 0 aliphatic carbocycles.